The fourth-order valence-electron chi connectivity index (χ4n) is 9.48. The number of nitrogens with one attached hydrogen (secondary N) is 3. The molecule has 0 spiro atoms. The predicted molar refractivity (Wildman–Crippen MR) is 297 cm³/mol. The highest BCUT2D eigenvalue weighted by Crippen LogP contribution is 2.35. The van der Waals surface area contributed by atoms with Gasteiger partial charge in [-0.2, -0.15) is 0 Å². The number of thiazole rings is 2. The van der Waals surface area contributed by atoms with Crippen LogP contribution in [0, 0.1) is 30.6 Å². The van der Waals surface area contributed by atoms with Gasteiger partial charge in [-0.3, -0.25) is 28.8 Å². The van der Waals surface area contributed by atoms with Crippen LogP contribution in [-0.2, 0) is 65.5 Å². The van der Waals surface area contributed by atoms with Crippen molar-refractivity contribution in [2.24, 2.45) is 22.5 Å². The normalized spacial score (nSPS) is 18.8. The largest absolute Gasteiger partial charge is 0.391 e. The Bertz CT molecular complexity index is 2650. The maximum Gasteiger partial charge on any atom is 0.247 e. The summed E-state index contributed by atoms with van der Waals surface area (Å²) in [4.78, 5) is 94.6. The number of aromatic nitrogens is 2. The number of benzene rings is 2. The van der Waals surface area contributed by atoms with E-state index in [9.17, 15) is 39.0 Å². The summed E-state index contributed by atoms with van der Waals surface area (Å²) in [5.41, 5.74) is 13.5. The number of nitrogens with two attached hydrogens (primary N) is 1. The van der Waals surface area contributed by atoms with Crippen LogP contribution in [0.25, 0.3) is 20.9 Å². The number of ether oxygens (including phenoxy) is 5. The number of hydrogen-bond donors (Lipinski definition) is 6. The first-order valence-corrected chi connectivity index (χ1v) is 28.3. The lowest BCUT2D eigenvalue weighted by Crippen LogP contribution is -2.58. The molecule has 2 aromatic carbocycles. The van der Waals surface area contributed by atoms with Crippen LogP contribution in [0.5, 0.6) is 0 Å². The number of hydrogen-bond acceptors (Lipinski definition) is 17. The van der Waals surface area contributed by atoms with Crippen LogP contribution in [-0.4, -0.2) is 174 Å². The first kappa shape index (κ1) is 62.4. The maximum absolute atomic E-state index is 14.3. The van der Waals surface area contributed by atoms with Crippen molar-refractivity contribution >= 4 is 58.1 Å². The molecule has 2 fully saturated rings. The number of nitrogens with zero attached hydrogens (tertiary/aromatic N) is 4. The van der Waals surface area contributed by atoms with Crippen molar-refractivity contribution in [3.8, 4) is 20.9 Å². The summed E-state index contributed by atoms with van der Waals surface area (Å²) in [6.45, 7) is 15.8. The number of amides is 6. The molecule has 79 heavy (non-hydrogen) atoms. The van der Waals surface area contributed by atoms with E-state index in [-0.39, 0.29) is 98.5 Å². The van der Waals surface area contributed by atoms with E-state index in [2.05, 4.69) is 25.9 Å². The Hall–Kier alpha value is -5.76. The van der Waals surface area contributed by atoms with Gasteiger partial charge in [0.25, 0.3) is 0 Å². The minimum Gasteiger partial charge on any atom is -0.391 e. The number of rotatable bonds is 28. The molecule has 2 aromatic heterocycles. The second-order valence-electron chi connectivity index (χ2n) is 21.9. The SMILES string of the molecule is Cc1ncsc1-c1ccc(CNC(=O)[C@H]2C[C@@H](O)CN2C(=O)[C@@H](C(OCCOCCOCCOCCOCC(=O)N[C@H](C(=O)N2C[C@H](O)C[C@H]2C(=O)NCc2ccc(-c3scnc3C)cc2)C(C)(C)C)C(N)=O)C(C)(C)C)cc1. The molecule has 4 aromatic rings. The summed E-state index contributed by atoms with van der Waals surface area (Å²) in [6, 6.07) is 12.7. The van der Waals surface area contributed by atoms with E-state index in [0.717, 1.165) is 43.4 Å². The van der Waals surface area contributed by atoms with E-state index < -0.39 is 88.6 Å². The standard InChI is InChI=1S/C56H78N8O13S2/c1-34-47(78-32-60-34)38-13-9-36(10-14-38)27-58-51(69)42-25-40(65)29-63(42)53(71)45(55(3,4)5)46(50(57)68)77-24-23-75-20-19-73-17-18-74-21-22-76-31-44(67)62-49(56(6,7)8)54(72)64-30-41(66)26-43(64)52(70)59-28-37-11-15-39(16-12-37)48-35(2)61-33-79-48/h9-16,32-33,40-43,45-46,49,65-66H,17-31H2,1-8H3,(H2,57,68)(H,58,69)(H,59,70)(H,62,67)/t40-,41-,42-,43+,45-,46?,49-/m1/s1. The van der Waals surface area contributed by atoms with Crippen LogP contribution in [0.1, 0.15) is 76.9 Å². The van der Waals surface area contributed by atoms with Gasteiger partial charge in [0, 0.05) is 39.0 Å². The molecule has 4 heterocycles. The molecule has 7 atom stereocenters. The van der Waals surface area contributed by atoms with Crippen LogP contribution in [0.4, 0.5) is 0 Å². The maximum atomic E-state index is 14.3. The Morgan fingerprint density at radius 2 is 1.05 bits per heavy atom. The molecule has 0 saturated carbocycles. The molecule has 2 aliphatic rings. The topological polar surface area (TPSA) is 283 Å². The number of β-amino-alcohol motifs (C(OH)–C–C–N with tert-alkyl or cyclic N) is 2. The summed E-state index contributed by atoms with van der Waals surface area (Å²) in [7, 11) is 0. The molecule has 23 heteroatoms. The summed E-state index contributed by atoms with van der Waals surface area (Å²) in [5, 5.41) is 29.8. The number of aliphatic hydroxyl groups excluding tert-OH is 2. The van der Waals surface area contributed by atoms with E-state index >= 15 is 0 Å². The van der Waals surface area contributed by atoms with Gasteiger partial charge in [-0.15, -0.1) is 22.7 Å². The van der Waals surface area contributed by atoms with Gasteiger partial charge in [-0.05, 0) is 46.9 Å². The zero-order valence-corrected chi connectivity index (χ0v) is 48.1. The van der Waals surface area contributed by atoms with Gasteiger partial charge in [0.1, 0.15) is 30.8 Å². The molecular formula is C56H78N8O13S2. The van der Waals surface area contributed by atoms with Gasteiger partial charge >= 0.3 is 0 Å². The third-order valence-electron chi connectivity index (χ3n) is 13.7. The van der Waals surface area contributed by atoms with Gasteiger partial charge in [0.2, 0.25) is 35.4 Å². The van der Waals surface area contributed by atoms with Crippen LogP contribution >= 0.6 is 22.7 Å². The first-order valence-electron chi connectivity index (χ1n) is 26.6. The molecule has 0 aliphatic carbocycles. The average Bonchev–Trinajstić information content (AvgIpc) is 4.34. The number of primary amides is 1. The zero-order valence-electron chi connectivity index (χ0n) is 46.5. The molecule has 0 radical (unpaired) electrons. The lowest BCUT2D eigenvalue weighted by Gasteiger charge is -2.38. The summed E-state index contributed by atoms with van der Waals surface area (Å²) >= 11 is 3.11. The molecular weight excluding hydrogens is 1060 g/mol. The molecule has 2 aliphatic heterocycles. The van der Waals surface area contributed by atoms with E-state index in [1.54, 1.807) is 75.2 Å². The minimum atomic E-state index is -1.35. The third-order valence-corrected chi connectivity index (χ3v) is 15.6. The Kier molecular flexibility index (Phi) is 23.0. The quantitative estimate of drug-likeness (QED) is 0.0444. The van der Waals surface area contributed by atoms with Gasteiger partial charge in [-0.25, -0.2) is 9.97 Å². The fourth-order valence-corrected chi connectivity index (χ4v) is 11.1. The van der Waals surface area contributed by atoms with Crippen molar-refractivity contribution in [1.82, 2.24) is 35.7 Å². The van der Waals surface area contributed by atoms with Crippen molar-refractivity contribution in [1.29, 1.82) is 0 Å². The van der Waals surface area contributed by atoms with Crippen molar-refractivity contribution < 1.29 is 62.7 Å². The Labute approximate surface area is 470 Å². The lowest BCUT2D eigenvalue weighted by atomic mass is 9.76. The monoisotopic (exact) mass is 1130 g/mol. The Morgan fingerprint density at radius 1 is 0.633 bits per heavy atom. The highest BCUT2D eigenvalue weighted by molar-refractivity contribution is 7.13. The van der Waals surface area contributed by atoms with E-state index in [0.29, 0.717) is 0 Å². The molecule has 7 N–H and O–H groups in total. The molecule has 1 unspecified atom stereocenters. The number of aryl methyl sites for hydroxylation is 2. The minimum absolute atomic E-state index is 0.0360. The van der Waals surface area contributed by atoms with Crippen LogP contribution in [0.2, 0.25) is 0 Å². The van der Waals surface area contributed by atoms with Crippen molar-refractivity contribution in [2.75, 3.05) is 72.6 Å². The van der Waals surface area contributed by atoms with Crippen molar-refractivity contribution in [3.05, 3.63) is 82.1 Å². The van der Waals surface area contributed by atoms with E-state index in [1.165, 1.54) is 9.80 Å². The molecule has 6 rings (SSSR count). The highest BCUT2D eigenvalue weighted by Gasteiger charge is 2.49. The molecule has 432 valence electrons. The van der Waals surface area contributed by atoms with Crippen LogP contribution in [0.15, 0.2) is 59.6 Å². The number of carbonyl (C=O) groups is 6. The van der Waals surface area contributed by atoms with Gasteiger partial charge in [0.15, 0.2) is 0 Å². The number of aliphatic hydroxyl groups is 2. The average molecular weight is 1140 g/mol. The zero-order chi connectivity index (χ0) is 57.4. The first-order chi connectivity index (χ1) is 37.5. The van der Waals surface area contributed by atoms with Crippen LogP contribution in [0.3, 0.4) is 0 Å². The fraction of sp³-hybridized carbons (Fsp3) is 0.571. The Balaban J connectivity index is 0.840. The van der Waals surface area contributed by atoms with Crippen molar-refractivity contribution in [3.63, 3.8) is 0 Å². The third kappa shape index (κ3) is 17.9. The molecule has 6 amide bonds. The smallest absolute Gasteiger partial charge is 0.247 e. The molecule has 2 saturated heterocycles. The van der Waals surface area contributed by atoms with Gasteiger partial charge < -0.3 is 65.4 Å². The number of likely N-dealkylation sites (tertiary alicyclic amines) is 2. The van der Waals surface area contributed by atoms with Crippen molar-refractivity contribution in [2.45, 2.75) is 118 Å². The second kappa shape index (κ2) is 29.1. The van der Waals surface area contributed by atoms with E-state index in [4.69, 9.17) is 29.4 Å². The summed E-state index contributed by atoms with van der Waals surface area (Å²) in [6.07, 6.45) is -3.08. The molecule has 21 nitrogen and oxygen atoms in total. The van der Waals surface area contributed by atoms with Crippen LogP contribution < -0.4 is 21.7 Å². The highest BCUT2D eigenvalue weighted by atomic mass is 32.1. The van der Waals surface area contributed by atoms with Gasteiger partial charge in [-0.1, -0.05) is 90.1 Å². The number of carbonyl (C=O) groups excluding carboxylic acids is 6. The summed E-state index contributed by atoms with van der Waals surface area (Å²) in [5.74, 6) is -4.28. The lowest BCUT2D eigenvalue weighted by molar-refractivity contribution is -0.158. The Morgan fingerprint density at radius 3 is 1.44 bits per heavy atom. The second-order valence-corrected chi connectivity index (χ2v) is 23.7. The molecule has 0 bridgehead atoms. The summed E-state index contributed by atoms with van der Waals surface area (Å²) < 4.78 is 28.2. The van der Waals surface area contributed by atoms with E-state index in [1.807, 2.05) is 62.4 Å². The predicted octanol–water partition coefficient (Wildman–Crippen LogP) is 3.54. The van der Waals surface area contributed by atoms with Gasteiger partial charge in [0.05, 0.1) is 103 Å².